The van der Waals surface area contributed by atoms with Gasteiger partial charge < -0.3 is 14.8 Å². The van der Waals surface area contributed by atoms with E-state index in [0.717, 1.165) is 33.7 Å². The van der Waals surface area contributed by atoms with Gasteiger partial charge in [-0.25, -0.2) is 4.79 Å². The monoisotopic (exact) mass is 415 g/mol. The molecule has 0 saturated heterocycles. The molecule has 0 spiro atoms. The Kier molecular flexibility index (Phi) is 7.60. The summed E-state index contributed by atoms with van der Waals surface area (Å²) in [6.07, 6.45) is 2.93. The van der Waals surface area contributed by atoms with Crippen molar-refractivity contribution in [3.05, 3.63) is 101 Å². The molecule has 0 radical (unpaired) electrons. The quantitative estimate of drug-likeness (QED) is 0.412. The first kappa shape index (κ1) is 21.8. The van der Waals surface area contributed by atoms with Crippen LogP contribution in [0.5, 0.6) is 5.75 Å². The third-order valence-corrected chi connectivity index (χ3v) is 4.63. The summed E-state index contributed by atoms with van der Waals surface area (Å²) < 4.78 is 10.8. The van der Waals surface area contributed by atoms with E-state index >= 15 is 0 Å². The van der Waals surface area contributed by atoms with Gasteiger partial charge in [0.2, 0.25) is 0 Å². The summed E-state index contributed by atoms with van der Waals surface area (Å²) in [7, 11) is 0. The Morgan fingerprint density at radius 3 is 2.23 bits per heavy atom. The standard InChI is InChI=1S/C26H25NO4/c1-19-7-6-8-20(2)26(19)27-24(28)18-31-25(29)16-13-21-11-14-23(15-12-21)30-17-22-9-4-3-5-10-22/h3-16H,17-18H2,1-2H3,(H,27,28)/b16-13+. The summed E-state index contributed by atoms with van der Waals surface area (Å²) in [6, 6.07) is 23.0. The molecule has 0 bridgehead atoms. The molecule has 0 aliphatic heterocycles. The zero-order valence-corrected chi connectivity index (χ0v) is 17.6. The summed E-state index contributed by atoms with van der Waals surface area (Å²) >= 11 is 0. The highest BCUT2D eigenvalue weighted by atomic mass is 16.5. The first-order valence-electron chi connectivity index (χ1n) is 9.99. The van der Waals surface area contributed by atoms with Crippen molar-refractivity contribution < 1.29 is 19.1 Å². The molecule has 0 aliphatic carbocycles. The van der Waals surface area contributed by atoms with Crippen molar-refractivity contribution >= 4 is 23.6 Å². The lowest BCUT2D eigenvalue weighted by atomic mass is 10.1. The summed E-state index contributed by atoms with van der Waals surface area (Å²) in [4.78, 5) is 24.0. The van der Waals surface area contributed by atoms with E-state index < -0.39 is 5.97 Å². The van der Waals surface area contributed by atoms with E-state index in [1.165, 1.54) is 6.08 Å². The van der Waals surface area contributed by atoms with E-state index in [2.05, 4.69) is 5.32 Å². The van der Waals surface area contributed by atoms with E-state index in [9.17, 15) is 9.59 Å². The lowest BCUT2D eigenvalue weighted by Gasteiger charge is -2.11. The highest BCUT2D eigenvalue weighted by molar-refractivity contribution is 5.95. The number of rotatable bonds is 8. The molecule has 0 aromatic heterocycles. The van der Waals surface area contributed by atoms with Crippen LogP contribution < -0.4 is 10.1 Å². The average molecular weight is 415 g/mol. The number of aryl methyl sites for hydroxylation is 2. The molecule has 5 nitrogen and oxygen atoms in total. The number of ether oxygens (including phenoxy) is 2. The van der Waals surface area contributed by atoms with Gasteiger partial charge >= 0.3 is 5.97 Å². The van der Waals surface area contributed by atoms with Gasteiger partial charge in [0.15, 0.2) is 6.61 Å². The fourth-order valence-electron chi connectivity index (χ4n) is 2.95. The van der Waals surface area contributed by atoms with E-state index in [1.807, 2.05) is 86.6 Å². The number of carbonyl (C=O) groups is 2. The largest absolute Gasteiger partial charge is 0.489 e. The van der Waals surface area contributed by atoms with Gasteiger partial charge in [-0.15, -0.1) is 0 Å². The van der Waals surface area contributed by atoms with Crippen LogP contribution in [0.2, 0.25) is 0 Å². The normalized spacial score (nSPS) is 10.6. The van der Waals surface area contributed by atoms with Gasteiger partial charge in [0, 0.05) is 11.8 Å². The zero-order valence-electron chi connectivity index (χ0n) is 17.6. The minimum absolute atomic E-state index is 0.344. The maximum atomic E-state index is 12.1. The van der Waals surface area contributed by atoms with Crippen LogP contribution in [0.15, 0.2) is 78.9 Å². The molecule has 1 N–H and O–H groups in total. The fraction of sp³-hybridized carbons (Fsp3) is 0.154. The van der Waals surface area contributed by atoms with Crippen LogP contribution in [-0.2, 0) is 20.9 Å². The molecule has 0 saturated carbocycles. The second kappa shape index (κ2) is 10.8. The van der Waals surface area contributed by atoms with E-state index in [-0.39, 0.29) is 12.5 Å². The summed E-state index contributed by atoms with van der Waals surface area (Å²) in [5, 5.41) is 2.78. The summed E-state index contributed by atoms with van der Waals surface area (Å²) in [6.45, 7) is 3.97. The number of anilines is 1. The van der Waals surface area contributed by atoms with Crippen molar-refractivity contribution in [2.24, 2.45) is 0 Å². The molecule has 158 valence electrons. The van der Waals surface area contributed by atoms with Gasteiger partial charge in [0.05, 0.1) is 0 Å². The maximum Gasteiger partial charge on any atom is 0.331 e. The first-order valence-corrected chi connectivity index (χ1v) is 9.99. The lowest BCUT2D eigenvalue weighted by molar-refractivity contribution is -0.142. The maximum absolute atomic E-state index is 12.1. The Labute approximate surface area is 182 Å². The van der Waals surface area contributed by atoms with Crippen molar-refractivity contribution in [2.45, 2.75) is 20.5 Å². The van der Waals surface area contributed by atoms with Crippen LogP contribution in [0.1, 0.15) is 22.3 Å². The lowest BCUT2D eigenvalue weighted by Crippen LogP contribution is -2.21. The van der Waals surface area contributed by atoms with Gasteiger partial charge in [-0.2, -0.15) is 0 Å². The number of hydrogen-bond acceptors (Lipinski definition) is 4. The summed E-state index contributed by atoms with van der Waals surface area (Å²) in [5.74, 6) is -0.216. The number of para-hydroxylation sites is 1. The molecular formula is C26H25NO4. The van der Waals surface area contributed by atoms with E-state index in [0.29, 0.717) is 6.61 Å². The Morgan fingerprint density at radius 2 is 1.55 bits per heavy atom. The van der Waals surface area contributed by atoms with Crippen molar-refractivity contribution in [3.63, 3.8) is 0 Å². The third kappa shape index (κ3) is 6.85. The Hall–Kier alpha value is -3.86. The fourth-order valence-corrected chi connectivity index (χ4v) is 2.95. The van der Waals surface area contributed by atoms with Crippen LogP contribution in [-0.4, -0.2) is 18.5 Å². The van der Waals surface area contributed by atoms with Gasteiger partial charge in [-0.05, 0) is 54.3 Å². The smallest absolute Gasteiger partial charge is 0.331 e. The molecule has 3 aromatic rings. The molecule has 0 unspecified atom stereocenters. The highest BCUT2D eigenvalue weighted by Crippen LogP contribution is 2.19. The molecular weight excluding hydrogens is 390 g/mol. The summed E-state index contributed by atoms with van der Waals surface area (Å²) in [5.41, 5.74) is 4.57. The Morgan fingerprint density at radius 1 is 0.871 bits per heavy atom. The van der Waals surface area contributed by atoms with Gasteiger partial charge in [-0.3, -0.25) is 4.79 Å². The van der Waals surface area contributed by atoms with Crippen LogP contribution >= 0.6 is 0 Å². The third-order valence-electron chi connectivity index (χ3n) is 4.63. The van der Waals surface area contributed by atoms with Crippen molar-refractivity contribution in [3.8, 4) is 5.75 Å². The van der Waals surface area contributed by atoms with Gasteiger partial charge in [0.1, 0.15) is 12.4 Å². The highest BCUT2D eigenvalue weighted by Gasteiger charge is 2.09. The molecule has 0 aliphatic rings. The Balaban J connectivity index is 1.44. The van der Waals surface area contributed by atoms with E-state index in [1.54, 1.807) is 6.08 Å². The number of amides is 1. The molecule has 0 fully saturated rings. The molecule has 1 amide bonds. The number of nitrogens with one attached hydrogen (secondary N) is 1. The average Bonchev–Trinajstić information content (AvgIpc) is 2.79. The van der Waals surface area contributed by atoms with Gasteiger partial charge in [0.25, 0.3) is 5.91 Å². The van der Waals surface area contributed by atoms with Gasteiger partial charge in [-0.1, -0.05) is 60.7 Å². The first-order chi connectivity index (χ1) is 15.0. The predicted octanol–water partition coefficient (Wildman–Crippen LogP) is 5.08. The van der Waals surface area contributed by atoms with Crippen LogP contribution in [0.25, 0.3) is 6.08 Å². The SMILES string of the molecule is Cc1cccc(C)c1NC(=O)COC(=O)/C=C/c1ccc(OCc2ccccc2)cc1. The second-order valence-corrected chi connectivity index (χ2v) is 7.10. The molecule has 5 heteroatoms. The molecule has 31 heavy (non-hydrogen) atoms. The molecule has 0 atom stereocenters. The van der Waals surface area contributed by atoms with Crippen molar-refractivity contribution in [1.82, 2.24) is 0 Å². The van der Waals surface area contributed by atoms with Crippen molar-refractivity contribution in [2.75, 3.05) is 11.9 Å². The van der Waals surface area contributed by atoms with Crippen LogP contribution in [0.4, 0.5) is 5.69 Å². The minimum Gasteiger partial charge on any atom is -0.489 e. The number of esters is 1. The number of hydrogen-bond donors (Lipinski definition) is 1. The molecule has 3 rings (SSSR count). The van der Waals surface area contributed by atoms with E-state index in [4.69, 9.17) is 9.47 Å². The topological polar surface area (TPSA) is 64.6 Å². The number of carbonyl (C=O) groups excluding carboxylic acids is 2. The van der Waals surface area contributed by atoms with Crippen LogP contribution in [0.3, 0.4) is 0 Å². The minimum atomic E-state index is -0.582. The Bertz CT molecular complexity index is 1040. The molecule has 0 heterocycles. The van der Waals surface area contributed by atoms with Crippen LogP contribution in [0, 0.1) is 13.8 Å². The predicted molar refractivity (Wildman–Crippen MR) is 122 cm³/mol. The number of benzene rings is 3. The van der Waals surface area contributed by atoms with Crippen molar-refractivity contribution in [1.29, 1.82) is 0 Å². The second-order valence-electron chi connectivity index (χ2n) is 7.10. The molecule has 3 aromatic carbocycles. The zero-order chi connectivity index (χ0) is 22.1.